The van der Waals surface area contributed by atoms with E-state index < -0.39 is 27.4 Å². The van der Waals surface area contributed by atoms with Gasteiger partial charge in [-0.1, -0.05) is 0 Å². The van der Waals surface area contributed by atoms with E-state index in [0.717, 1.165) is 4.31 Å². The Balaban J connectivity index is 2.43. The lowest BCUT2D eigenvalue weighted by molar-refractivity contribution is -0.144. The minimum atomic E-state index is -3.92. The lowest BCUT2D eigenvalue weighted by atomic mass is 10.2. The summed E-state index contributed by atoms with van der Waals surface area (Å²) in [6, 6.07) is 3.31. The second-order valence-electron chi connectivity index (χ2n) is 4.96. The van der Waals surface area contributed by atoms with Gasteiger partial charge in [0.15, 0.2) is 11.5 Å². The standard InChI is InChI=1S/C14H18ClNO6S/c1-20-12-5-4-10(7-13(12)21-2)23(18,19)16-8-9(15)6-11(16)14(17)22-3/h4-5,7,9,11H,6,8H2,1-3H3. The summed E-state index contributed by atoms with van der Waals surface area (Å²) in [6.07, 6.45) is 0.209. The van der Waals surface area contributed by atoms with E-state index in [-0.39, 0.29) is 23.6 Å². The first kappa shape index (κ1) is 17.8. The van der Waals surface area contributed by atoms with Crippen LogP contribution in [-0.4, -0.2) is 58.0 Å². The maximum absolute atomic E-state index is 12.8. The molecule has 1 saturated heterocycles. The summed E-state index contributed by atoms with van der Waals surface area (Å²) in [6.45, 7) is 0.0397. The van der Waals surface area contributed by atoms with E-state index in [0.29, 0.717) is 5.75 Å². The average molecular weight is 364 g/mol. The van der Waals surface area contributed by atoms with Gasteiger partial charge in [0.25, 0.3) is 0 Å². The molecule has 1 heterocycles. The van der Waals surface area contributed by atoms with Crippen molar-refractivity contribution in [2.45, 2.75) is 22.7 Å². The molecular weight excluding hydrogens is 346 g/mol. The Bertz CT molecular complexity index is 693. The van der Waals surface area contributed by atoms with Gasteiger partial charge in [-0.3, -0.25) is 4.79 Å². The molecule has 0 aliphatic carbocycles. The molecule has 23 heavy (non-hydrogen) atoms. The molecule has 2 rings (SSSR count). The second-order valence-corrected chi connectivity index (χ2v) is 7.47. The molecule has 1 aromatic carbocycles. The zero-order valence-electron chi connectivity index (χ0n) is 13.0. The number of esters is 1. The number of nitrogens with zero attached hydrogens (tertiary/aromatic N) is 1. The number of ether oxygens (including phenoxy) is 3. The summed E-state index contributed by atoms with van der Waals surface area (Å²) >= 11 is 6.04. The molecule has 1 aliphatic heterocycles. The van der Waals surface area contributed by atoms with E-state index in [1.54, 1.807) is 0 Å². The van der Waals surface area contributed by atoms with E-state index in [9.17, 15) is 13.2 Å². The number of benzene rings is 1. The van der Waals surface area contributed by atoms with Crippen LogP contribution in [-0.2, 0) is 19.6 Å². The fourth-order valence-electron chi connectivity index (χ4n) is 2.48. The average Bonchev–Trinajstić information content (AvgIpc) is 2.96. The third-order valence-electron chi connectivity index (χ3n) is 3.64. The van der Waals surface area contributed by atoms with Crippen molar-refractivity contribution in [3.05, 3.63) is 18.2 Å². The van der Waals surface area contributed by atoms with Crippen molar-refractivity contribution >= 4 is 27.6 Å². The molecule has 2 atom stereocenters. The lowest BCUT2D eigenvalue weighted by Gasteiger charge is -2.22. The number of alkyl halides is 1. The highest BCUT2D eigenvalue weighted by atomic mass is 35.5. The van der Waals surface area contributed by atoms with Gasteiger partial charge in [0, 0.05) is 18.0 Å². The summed E-state index contributed by atoms with van der Waals surface area (Å²) in [7, 11) is 0.161. The van der Waals surface area contributed by atoms with Crippen molar-refractivity contribution in [1.82, 2.24) is 4.31 Å². The van der Waals surface area contributed by atoms with Gasteiger partial charge in [-0.2, -0.15) is 4.31 Å². The van der Waals surface area contributed by atoms with Crippen LogP contribution >= 0.6 is 11.6 Å². The maximum atomic E-state index is 12.8. The molecule has 0 radical (unpaired) electrons. The minimum Gasteiger partial charge on any atom is -0.493 e. The van der Waals surface area contributed by atoms with Crippen LogP contribution in [0.2, 0.25) is 0 Å². The van der Waals surface area contributed by atoms with Gasteiger partial charge in [-0.05, 0) is 18.6 Å². The molecule has 9 heteroatoms. The summed E-state index contributed by atoms with van der Waals surface area (Å²) in [5.74, 6) is 0.0645. The van der Waals surface area contributed by atoms with Gasteiger partial charge < -0.3 is 14.2 Å². The van der Waals surface area contributed by atoms with Gasteiger partial charge in [-0.15, -0.1) is 11.6 Å². The number of halogens is 1. The number of hydrogen-bond donors (Lipinski definition) is 0. The number of rotatable bonds is 5. The fourth-order valence-corrected chi connectivity index (χ4v) is 4.53. The molecule has 128 valence electrons. The van der Waals surface area contributed by atoms with Crippen LogP contribution in [0.25, 0.3) is 0 Å². The maximum Gasteiger partial charge on any atom is 0.324 e. The Hall–Kier alpha value is -1.51. The van der Waals surface area contributed by atoms with Crippen molar-refractivity contribution in [1.29, 1.82) is 0 Å². The molecule has 1 aliphatic rings. The van der Waals surface area contributed by atoms with Gasteiger partial charge in [-0.25, -0.2) is 8.42 Å². The Morgan fingerprint density at radius 1 is 1.22 bits per heavy atom. The van der Waals surface area contributed by atoms with Gasteiger partial charge >= 0.3 is 5.97 Å². The molecule has 0 bridgehead atoms. The Morgan fingerprint density at radius 3 is 2.43 bits per heavy atom. The third-order valence-corrected chi connectivity index (χ3v) is 5.83. The second kappa shape index (κ2) is 6.94. The predicted molar refractivity (Wildman–Crippen MR) is 83.5 cm³/mol. The van der Waals surface area contributed by atoms with Crippen LogP contribution < -0.4 is 9.47 Å². The predicted octanol–water partition coefficient (Wildman–Crippen LogP) is 1.25. The SMILES string of the molecule is COC(=O)C1CC(Cl)CN1S(=O)(=O)c1ccc(OC)c(OC)c1. The summed E-state index contributed by atoms with van der Waals surface area (Å²) in [4.78, 5) is 11.8. The molecule has 0 aromatic heterocycles. The monoisotopic (exact) mass is 363 g/mol. The molecule has 7 nitrogen and oxygen atoms in total. The van der Waals surface area contributed by atoms with Crippen molar-refractivity contribution < 1.29 is 27.4 Å². The molecule has 0 N–H and O–H groups in total. The third kappa shape index (κ3) is 3.39. The van der Waals surface area contributed by atoms with Crippen molar-refractivity contribution in [2.75, 3.05) is 27.9 Å². The van der Waals surface area contributed by atoms with E-state index in [4.69, 9.17) is 21.1 Å². The highest BCUT2D eigenvalue weighted by Gasteiger charge is 2.44. The zero-order chi connectivity index (χ0) is 17.2. The highest BCUT2D eigenvalue weighted by Crippen LogP contribution is 2.34. The zero-order valence-corrected chi connectivity index (χ0v) is 14.6. The molecule has 0 spiro atoms. The number of hydrogen-bond acceptors (Lipinski definition) is 6. The first-order valence-electron chi connectivity index (χ1n) is 6.81. The van der Waals surface area contributed by atoms with E-state index >= 15 is 0 Å². The van der Waals surface area contributed by atoms with Gasteiger partial charge in [0.2, 0.25) is 10.0 Å². The summed E-state index contributed by atoms with van der Waals surface area (Å²) in [5.41, 5.74) is 0. The fraction of sp³-hybridized carbons (Fsp3) is 0.500. The highest BCUT2D eigenvalue weighted by molar-refractivity contribution is 7.89. The Labute approximate surface area is 140 Å². The molecular formula is C14H18ClNO6S. The Morgan fingerprint density at radius 2 is 1.87 bits per heavy atom. The van der Waals surface area contributed by atoms with Crippen LogP contribution in [0.1, 0.15) is 6.42 Å². The molecule has 1 fully saturated rings. The van der Waals surface area contributed by atoms with Crippen LogP contribution in [0.5, 0.6) is 11.5 Å². The Kier molecular flexibility index (Phi) is 5.38. The summed E-state index contributed by atoms with van der Waals surface area (Å²) in [5, 5.41) is -0.450. The van der Waals surface area contributed by atoms with E-state index in [2.05, 4.69) is 4.74 Å². The topological polar surface area (TPSA) is 82.1 Å². The molecule has 2 unspecified atom stereocenters. The minimum absolute atomic E-state index is 0.00480. The van der Waals surface area contributed by atoms with E-state index in [1.165, 1.54) is 39.5 Å². The summed E-state index contributed by atoms with van der Waals surface area (Å²) < 4.78 is 41.6. The van der Waals surface area contributed by atoms with Gasteiger partial charge in [0.05, 0.1) is 26.2 Å². The lowest BCUT2D eigenvalue weighted by Crippen LogP contribution is -2.41. The van der Waals surface area contributed by atoms with Crippen LogP contribution in [0.15, 0.2) is 23.1 Å². The largest absolute Gasteiger partial charge is 0.493 e. The number of carbonyl (C=O) groups is 1. The smallest absolute Gasteiger partial charge is 0.324 e. The molecule has 0 amide bonds. The van der Waals surface area contributed by atoms with Crippen LogP contribution in [0.4, 0.5) is 0 Å². The number of carbonyl (C=O) groups excluding carboxylic acids is 1. The van der Waals surface area contributed by atoms with Crippen molar-refractivity contribution in [2.24, 2.45) is 0 Å². The number of methoxy groups -OCH3 is 3. The van der Waals surface area contributed by atoms with Crippen molar-refractivity contribution in [3.63, 3.8) is 0 Å². The van der Waals surface area contributed by atoms with Crippen molar-refractivity contribution in [3.8, 4) is 11.5 Å². The van der Waals surface area contributed by atoms with Crippen LogP contribution in [0, 0.1) is 0 Å². The normalized spacial score (nSPS) is 21.9. The quantitative estimate of drug-likeness (QED) is 0.578. The van der Waals surface area contributed by atoms with Crippen LogP contribution in [0.3, 0.4) is 0 Å². The first-order chi connectivity index (χ1) is 10.8. The first-order valence-corrected chi connectivity index (χ1v) is 8.68. The molecule has 0 saturated carbocycles. The number of sulfonamides is 1. The van der Waals surface area contributed by atoms with E-state index in [1.807, 2.05) is 0 Å². The molecule has 1 aromatic rings. The van der Waals surface area contributed by atoms with Gasteiger partial charge in [0.1, 0.15) is 6.04 Å².